The number of hydrogen-bond donors (Lipinski definition) is 2. The van der Waals surface area contributed by atoms with Crippen molar-refractivity contribution < 1.29 is 43.5 Å². The Bertz CT molecular complexity index is 1060. The monoisotopic (exact) mass is 634 g/mol. The highest BCUT2D eigenvalue weighted by atomic mass is 16.5. The SMILES string of the molecule is CCOC(=O)C(C)(C)[C@H]1CCC[C@@H](C[C@H](O)C[C@@H](O)[C@@H](C)CC[C@@H]2CCC[C@H](CCCc3cccc(OC)c3C(=O)OC)O2)O1. The molecule has 0 aliphatic carbocycles. The standard InChI is InChI=1S/C36H58O9/c1-7-43-35(40)36(3,4)32-19-11-17-29(45-32)22-26(37)23-30(38)24(2)20-21-28-16-10-15-27(44-28)14-8-12-25-13-9-18-31(41-5)33(25)34(39)42-6/h9,13,18,24,26-30,32,37-38H,7-8,10-12,14-17,19-23H2,1-6H3/t24-,26-,27-,28-,29-,30+,32+/m0/s1. The van der Waals surface area contributed by atoms with Crippen LogP contribution in [0.1, 0.15) is 121 Å². The lowest BCUT2D eigenvalue weighted by Crippen LogP contribution is -2.45. The lowest BCUT2D eigenvalue weighted by Gasteiger charge is -2.39. The normalized spacial score (nSPS) is 24.4. The minimum atomic E-state index is -0.738. The van der Waals surface area contributed by atoms with Crippen molar-refractivity contribution in [1.29, 1.82) is 0 Å². The molecule has 9 heteroatoms. The molecule has 2 aliphatic heterocycles. The molecule has 2 N–H and O–H groups in total. The number of aryl methyl sites for hydroxylation is 1. The Balaban J connectivity index is 1.39. The fourth-order valence-corrected chi connectivity index (χ4v) is 6.82. The third-order valence-electron chi connectivity index (χ3n) is 9.74. The lowest BCUT2D eigenvalue weighted by molar-refractivity contribution is -0.173. The molecule has 256 valence electrons. The summed E-state index contributed by atoms with van der Waals surface area (Å²) < 4.78 is 28.3. The van der Waals surface area contributed by atoms with Gasteiger partial charge in [-0.25, -0.2) is 4.79 Å². The van der Waals surface area contributed by atoms with E-state index in [2.05, 4.69) is 0 Å². The molecule has 0 radical (unpaired) electrons. The van der Waals surface area contributed by atoms with Crippen LogP contribution in [0.4, 0.5) is 0 Å². The van der Waals surface area contributed by atoms with Crippen molar-refractivity contribution in [1.82, 2.24) is 0 Å². The zero-order valence-corrected chi connectivity index (χ0v) is 28.4. The van der Waals surface area contributed by atoms with Gasteiger partial charge in [0.1, 0.15) is 11.3 Å². The second-order valence-corrected chi connectivity index (χ2v) is 13.6. The molecular weight excluding hydrogens is 576 g/mol. The number of rotatable bonds is 17. The average Bonchev–Trinajstić information content (AvgIpc) is 3.03. The minimum absolute atomic E-state index is 0.0381. The van der Waals surface area contributed by atoms with E-state index >= 15 is 0 Å². The maximum Gasteiger partial charge on any atom is 0.341 e. The van der Waals surface area contributed by atoms with Gasteiger partial charge in [-0.3, -0.25) is 4.79 Å². The fourth-order valence-electron chi connectivity index (χ4n) is 6.82. The highest BCUT2D eigenvalue weighted by Crippen LogP contribution is 2.36. The third-order valence-corrected chi connectivity index (χ3v) is 9.74. The maximum atomic E-state index is 12.5. The summed E-state index contributed by atoms with van der Waals surface area (Å²) in [6, 6.07) is 5.63. The van der Waals surface area contributed by atoms with E-state index in [1.807, 2.05) is 32.9 Å². The predicted molar refractivity (Wildman–Crippen MR) is 172 cm³/mol. The Morgan fingerprint density at radius 3 is 2.38 bits per heavy atom. The van der Waals surface area contributed by atoms with Gasteiger partial charge in [-0.05, 0) is 122 Å². The first-order chi connectivity index (χ1) is 21.5. The molecule has 0 saturated carbocycles. The van der Waals surface area contributed by atoms with Gasteiger partial charge in [-0.1, -0.05) is 19.1 Å². The van der Waals surface area contributed by atoms with Crippen molar-refractivity contribution in [3.05, 3.63) is 29.3 Å². The smallest absolute Gasteiger partial charge is 0.341 e. The van der Waals surface area contributed by atoms with Gasteiger partial charge in [-0.2, -0.15) is 0 Å². The van der Waals surface area contributed by atoms with E-state index in [4.69, 9.17) is 23.7 Å². The summed E-state index contributed by atoms with van der Waals surface area (Å²) in [5.41, 5.74) is 0.683. The van der Waals surface area contributed by atoms with Gasteiger partial charge < -0.3 is 33.9 Å². The molecule has 2 aliphatic rings. The van der Waals surface area contributed by atoms with Gasteiger partial charge in [-0.15, -0.1) is 0 Å². The molecule has 9 nitrogen and oxygen atoms in total. The van der Waals surface area contributed by atoms with Crippen LogP contribution in [0.25, 0.3) is 0 Å². The summed E-state index contributed by atoms with van der Waals surface area (Å²) in [5.74, 6) is -0.0677. The van der Waals surface area contributed by atoms with Gasteiger partial charge in [0.15, 0.2) is 0 Å². The van der Waals surface area contributed by atoms with Crippen molar-refractivity contribution in [2.45, 2.75) is 148 Å². The Labute approximate surface area is 270 Å². The molecule has 7 atom stereocenters. The first-order valence-electron chi connectivity index (χ1n) is 17.1. The largest absolute Gasteiger partial charge is 0.496 e. The molecule has 3 rings (SSSR count). The number of ether oxygens (including phenoxy) is 5. The molecule has 2 saturated heterocycles. The van der Waals surface area contributed by atoms with Crippen molar-refractivity contribution in [2.75, 3.05) is 20.8 Å². The zero-order valence-electron chi connectivity index (χ0n) is 28.4. The first kappa shape index (κ1) is 37.3. The van der Waals surface area contributed by atoms with Crippen LogP contribution in [0.5, 0.6) is 5.75 Å². The van der Waals surface area contributed by atoms with Crippen LogP contribution in [0, 0.1) is 11.3 Å². The molecule has 1 aromatic rings. The molecule has 0 spiro atoms. The molecule has 1 aromatic carbocycles. The Hall–Kier alpha value is -2.20. The van der Waals surface area contributed by atoms with E-state index in [0.717, 1.165) is 76.2 Å². The summed E-state index contributed by atoms with van der Waals surface area (Å²) in [4.78, 5) is 24.8. The van der Waals surface area contributed by atoms with Crippen molar-refractivity contribution >= 4 is 11.9 Å². The molecular formula is C36H58O9. The van der Waals surface area contributed by atoms with Gasteiger partial charge in [0.2, 0.25) is 0 Å². The fraction of sp³-hybridized carbons (Fsp3) is 0.778. The van der Waals surface area contributed by atoms with Crippen molar-refractivity contribution in [2.24, 2.45) is 11.3 Å². The molecule has 0 bridgehead atoms. The minimum Gasteiger partial charge on any atom is -0.496 e. The molecule has 2 heterocycles. The average molecular weight is 635 g/mol. The summed E-state index contributed by atoms with van der Waals surface area (Å²) in [6.07, 6.45) is 9.43. The van der Waals surface area contributed by atoms with Crippen LogP contribution in [-0.2, 0) is 30.2 Å². The van der Waals surface area contributed by atoms with E-state index in [0.29, 0.717) is 30.8 Å². The molecule has 2 fully saturated rings. The lowest BCUT2D eigenvalue weighted by atomic mass is 9.81. The molecule has 0 aromatic heterocycles. The van der Waals surface area contributed by atoms with Gasteiger partial charge >= 0.3 is 11.9 Å². The Morgan fingerprint density at radius 2 is 1.69 bits per heavy atom. The van der Waals surface area contributed by atoms with Crippen LogP contribution in [-0.4, -0.2) is 79.6 Å². The zero-order chi connectivity index (χ0) is 33.0. The van der Waals surface area contributed by atoms with E-state index < -0.39 is 17.6 Å². The topological polar surface area (TPSA) is 121 Å². The number of carbonyl (C=O) groups is 2. The van der Waals surface area contributed by atoms with E-state index in [9.17, 15) is 19.8 Å². The predicted octanol–water partition coefficient (Wildman–Crippen LogP) is 6.19. The van der Waals surface area contributed by atoms with E-state index in [1.165, 1.54) is 7.11 Å². The molecule has 0 unspecified atom stereocenters. The second kappa shape index (κ2) is 18.2. The first-order valence-corrected chi connectivity index (χ1v) is 17.1. The van der Waals surface area contributed by atoms with Crippen molar-refractivity contribution in [3.8, 4) is 5.75 Å². The van der Waals surface area contributed by atoms with Crippen LogP contribution in [0.3, 0.4) is 0 Å². The summed E-state index contributed by atoms with van der Waals surface area (Å²) in [5, 5.41) is 21.7. The van der Waals surface area contributed by atoms with E-state index in [-0.39, 0.29) is 42.3 Å². The van der Waals surface area contributed by atoms with Gasteiger partial charge in [0.25, 0.3) is 0 Å². The summed E-state index contributed by atoms with van der Waals surface area (Å²) >= 11 is 0. The number of methoxy groups -OCH3 is 2. The maximum absolute atomic E-state index is 12.5. The molecule has 0 amide bonds. The Morgan fingerprint density at radius 1 is 1.00 bits per heavy atom. The summed E-state index contributed by atoms with van der Waals surface area (Å²) in [6.45, 7) is 7.91. The van der Waals surface area contributed by atoms with Crippen LogP contribution < -0.4 is 4.74 Å². The van der Waals surface area contributed by atoms with Crippen LogP contribution in [0.2, 0.25) is 0 Å². The summed E-state index contributed by atoms with van der Waals surface area (Å²) in [7, 11) is 2.94. The second-order valence-electron chi connectivity index (χ2n) is 13.6. The Kier molecular flexibility index (Phi) is 15.1. The number of esters is 2. The van der Waals surface area contributed by atoms with Crippen LogP contribution in [0.15, 0.2) is 18.2 Å². The highest BCUT2D eigenvalue weighted by Gasteiger charge is 2.42. The van der Waals surface area contributed by atoms with Gasteiger partial charge in [0.05, 0.1) is 62.9 Å². The molecule has 45 heavy (non-hydrogen) atoms. The number of aliphatic hydroxyl groups is 2. The third kappa shape index (κ3) is 10.9. The quantitative estimate of drug-likeness (QED) is 0.193. The number of carbonyl (C=O) groups excluding carboxylic acids is 2. The van der Waals surface area contributed by atoms with Crippen molar-refractivity contribution in [3.63, 3.8) is 0 Å². The highest BCUT2D eigenvalue weighted by molar-refractivity contribution is 5.94. The van der Waals surface area contributed by atoms with Crippen LogP contribution >= 0.6 is 0 Å². The number of hydrogen-bond acceptors (Lipinski definition) is 9. The van der Waals surface area contributed by atoms with Gasteiger partial charge in [0, 0.05) is 0 Å². The van der Waals surface area contributed by atoms with E-state index in [1.54, 1.807) is 20.1 Å². The number of aliphatic hydroxyl groups excluding tert-OH is 2. The number of benzene rings is 1.